The summed E-state index contributed by atoms with van der Waals surface area (Å²) in [6, 6.07) is 4.89. The molecule has 2 rings (SSSR count). The number of rotatable bonds is 15. The van der Waals surface area contributed by atoms with Crippen molar-refractivity contribution in [1.82, 2.24) is 15.5 Å². The van der Waals surface area contributed by atoms with Crippen LogP contribution in [0, 0.1) is 23.2 Å². The van der Waals surface area contributed by atoms with Gasteiger partial charge in [0.15, 0.2) is 0 Å². The fourth-order valence-electron chi connectivity index (χ4n) is 4.37. The lowest BCUT2D eigenvalue weighted by Crippen LogP contribution is -2.53. The van der Waals surface area contributed by atoms with Crippen LogP contribution in [0.4, 0.5) is 10.5 Å². The van der Waals surface area contributed by atoms with E-state index in [9.17, 15) is 28.8 Å². The van der Waals surface area contributed by atoms with Gasteiger partial charge in [0.05, 0.1) is 31.6 Å². The van der Waals surface area contributed by atoms with Crippen molar-refractivity contribution in [3.63, 3.8) is 0 Å². The Labute approximate surface area is 265 Å². The Morgan fingerprint density at radius 1 is 0.889 bits per heavy atom. The number of carbonyl (C=O) groups excluding carboxylic acids is 6. The average Bonchev–Trinajstić information content (AvgIpc) is 3.25. The SMILES string of the molecule is CC(C)C(=O)OCc1ccc(NC(=O)[C@H](C)NC(=O)[C@@H](NC(=O)OCCOCCN2C(=O)CC(C(C)(C)C)C2=O)C(C)C)cc1. The number of esters is 1. The molecule has 45 heavy (non-hydrogen) atoms. The summed E-state index contributed by atoms with van der Waals surface area (Å²) in [6.45, 7) is 14.6. The molecular formula is C32H48N4O9. The van der Waals surface area contributed by atoms with E-state index in [0.717, 1.165) is 5.56 Å². The molecule has 1 saturated heterocycles. The molecule has 3 atom stereocenters. The van der Waals surface area contributed by atoms with Crippen LogP contribution in [0.25, 0.3) is 0 Å². The monoisotopic (exact) mass is 632 g/mol. The summed E-state index contributed by atoms with van der Waals surface area (Å²) in [5.74, 6) is -2.63. The summed E-state index contributed by atoms with van der Waals surface area (Å²) in [5, 5.41) is 7.84. The molecule has 1 heterocycles. The number of ether oxygens (including phenoxy) is 3. The Bertz CT molecular complexity index is 1210. The van der Waals surface area contributed by atoms with E-state index in [0.29, 0.717) is 5.69 Å². The molecule has 0 aromatic heterocycles. The van der Waals surface area contributed by atoms with Gasteiger partial charge >= 0.3 is 12.1 Å². The number of hydrogen-bond acceptors (Lipinski definition) is 9. The fraction of sp³-hybridized carbons (Fsp3) is 0.625. The van der Waals surface area contributed by atoms with Crippen molar-refractivity contribution in [2.24, 2.45) is 23.2 Å². The van der Waals surface area contributed by atoms with Gasteiger partial charge in [-0.15, -0.1) is 0 Å². The standard InChI is InChI=1S/C32H48N4O9/c1-19(2)26(35-31(42)44-16-15-43-14-13-36-25(37)17-24(29(36)40)32(6,7)8)28(39)33-21(5)27(38)34-23-11-9-22(10-12-23)18-45-30(41)20(3)4/h9-12,19-21,24,26H,13-18H2,1-8H3,(H,33,39)(H,34,38)(H,35,42)/t21-,24?,26-/m0/s1. The van der Waals surface area contributed by atoms with Crippen LogP contribution in [-0.4, -0.2) is 79.0 Å². The van der Waals surface area contributed by atoms with Crippen LogP contribution in [-0.2, 0) is 44.8 Å². The highest BCUT2D eigenvalue weighted by molar-refractivity contribution is 6.04. The van der Waals surface area contributed by atoms with Crippen LogP contribution >= 0.6 is 0 Å². The van der Waals surface area contributed by atoms with Gasteiger partial charge in [0, 0.05) is 12.1 Å². The molecule has 1 fully saturated rings. The second kappa shape index (κ2) is 16.9. The molecule has 5 amide bonds. The van der Waals surface area contributed by atoms with Crippen molar-refractivity contribution < 1.29 is 43.0 Å². The van der Waals surface area contributed by atoms with Crippen LogP contribution in [0.5, 0.6) is 0 Å². The fourth-order valence-corrected chi connectivity index (χ4v) is 4.37. The Hall–Kier alpha value is -4.00. The first-order valence-electron chi connectivity index (χ1n) is 15.2. The number of alkyl carbamates (subject to hydrolysis) is 1. The van der Waals surface area contributed by atoms with Crippen molar-refractivity contribution in [3.8, 4) is 0 Å². The van der Waals surface area contributed by atoms with Crippen molar-refractivity contribution >= 4 is 41.4 Å². The first-order valence-corrected chi connectivity index (χ1v) is 15.2. The molecule has 0 saturated carbocycles. The summed E-state index contributed by atoms with van der Waals surface area (Å²) in [4.78, 5) is 75.5. The first-order chi connectivity index (χ1) is 21.0. The van der Waals surface area contributed by atoms with Crippen LogP contribution in [0.15, 0.2) is 24.3 Å². The highest BCUT2D eigenvalue weighted by Gasteiger charge is 2.44. The largest absolute Gasteiger partial charge is 0.461 e. The van der Waals surface area contributed by atoms with E-state index in [1.54, 1.807) is 52.0 Å². The molecule has 1 aromatic rings. The highest BCUT2D eigenvalue weighted by atomic mass is 16.6. The van der Waals surface area contributed by atoms with E-state index in [1.807, 2.05) is 20.8 Å². The summed E-state index contributed by atoms with van der Waals surface area (Å²) in [7, 11) is 0. The second-order valence-electron chi connectivity index (χ2n) is 12.8. The zero-order valence-electron chi connectivity index (χ0n) is 27.6. The minimum Gasteiger partial charge on any atom is -0.461 e. The lowest BCUT2D eigenvalue weighted by molar-refractivity contribution is -0.148. The third-order valence-corrected chi connectivity index (χ3v) is 7.26. The van der Waals surface area contributed by atoms with Crippen LogP contribution in [0.3, 0.4) is 0 Å². The third-order valence-electron chi connectivity index (χ3n) is 7.26. The minimum atomic E-state index is -0.968. The molecule has 0 bridgehead atoms. The molecule has 1 aliphatic heterocycles. The van der Waals surface area contributed by atoms with Crippen LogP contribution in [0.2, 0.25) is 0 Å². The zero-order chi connectivity index (χ0) is 33.9. The topological polar surface area (TPSA) is 169 Å². The average molecular weight is 633 g/mol. The Kier molecular flexibility index (Phi) is 14.0. The van der Waals surface area contributed by atoms with Crippen LogP contribution in [0.1, 0.15) is 67.4 Å². The summed E-state index contributed by atoms with van der Waals surface area (Å²) >= 11 is 0. The number of hydrogen-bond donors (Lipinski definition) is 3. The van der Waals surface area contributed by atoms with Gasteiger partial charge in [-0.25, -0.2) is 4.79 Å². The molecule has 0 spiro atoms. The second-order valence-corrected chi connectivity index (χ2v) is 12.8. The number of nitrogens with zero attached hydrogens (tertiary/aromatic N) is 1. The highest BCUT2D eigenvalue weighted by Crippen LogP contribution is 2.35. The summed E-state index contributed by atoms with van der Waals surface area (Å²) in [5.41, 5.74) is 0.953. The number of carbonyl (C=O) groups is 6. The number of nitrogens with one attached hydrogen (secondary N) is 3. The lowest BCUT2D eigenvalue weighted by Gasteiger charge is -2.24. The Morgan fingerprint density at radius 2 is 1.53 bits per heavy atom. The van der Waals surface area contributed by atoms with E-state index >= 15 is 0 Å². The maximum Gasteiger partial charge on any atom is 0.407 e. The molecule has 0 radical (unpaired) electrons. The van der Waals surface area contributed by atoms with Gasteiger partial charge in [0.2, 0.25) is 23.6 Å². The quantitative estimate of drug-likeness (QED) is 0.149. The number of anilines is 1. The van der Waals surface area contributed by atoms with Crippen molar-refractivity contribution in [2.75, 3.05) is 31.7 Å². The molecule has 0 aliphatic carbocycles. The predicted octanol–water partition coefficient (Wildman–Crippen LogP) is 3.02. The zero-order valence-corrected chi connectivity index (χ0v) is 27.6. The molecule has 13 heteroatoms. The number of benzene rings is 1. The lowest BCUT2D eigenvalue weighted by atomic mass is 9.80. The minimum absolute atomic E-state index is 0.0339. The Balaban J connectivity index is 1.73. The van der Waals surface area contributed by atoms with Gasteiger partial charge in [-0.05, 0) is 36.0 Å². The van der Waals surface area contributed by atoms with Gasteiger partial charge < -0.3 is 30.2 Å². The first kappa shape index (κ1) is 37.2. The van der Waals surface area contributed by atoms with E-state index in [2.05, 4.69) is 16.0 Å². The third kappa shape index (κ3) is 11.8. The van der Waals surface area contributed by atoms with Crippen LogP contribution < -0.4 is 16.0 Å². The molecule has 1 aliphatic rings. The maximum atomic E-state index is 12.9. The van der Waals surface area contributed by atoms with Gasteiger partial charge in [-0.1, -0.05) is 60.6 Å². The summed E-state index contributed by atoms with van der Waals surface area (Å²) < 4.78 is 15.7. The number of imide groups is 1. The van der Waals surface area contributed by atoms with Crippen molar-refractivity contribution in [1.29, 1.82) is 0 Å². The smallest absolute Gasteiger partial charge is 0.407 e. The van der Waals surface area contributed by atoms with Gasteiger partial charge in [0.1, 0.15) is 25.3 Å². The predicted molar refractivity (Wildman–Crippen MR) is 166 cm³/mol. The molecular weight excluding hydrogens is 584 g/mol. The molecule has 250 valence electrons. The van der Waals surface area contributed by atoms with Crippen molar-refractivity contribution in [3.05, 3.63) is 29.8 Å². The molecule has 1 unspecified atom stereocenters. The van der Waals surface area contributed by atoms with E-state index in [1.165, 1.54) is 11.8 Å². The van der Waals surface area contributed by atoms with E-state index in [4.69, 9.17) is 14.2 Å². The van der Waals surface area contributed by atoms with Gasteiger partial charge in [-0.3, -0.25) is 28.9 Å². The van der Waals surface area contributed by atoms with E-state index in [-0.39, 0.29) is 80.3 Å². The number of amides is 5. The van der Waals surface area contributed by atoms with Gasteiger partial charge in [0.25, 0.3) is 0 Å². The Morgan fingerprint density at radius 3 is 2.09 bits per heavy atom. The van der Waals surface area contributed by atoms with Crippen molar-refractivity contribution in [2.45, 2.75) is 80.5 Å². The normalized spacial score (nSPS) is 16.4. The molecule has 13 nitrogen and oxygen atoms in total. The van der Waals surface area contributed by atoms with E-state index < -0.39 is 30.0 Å². The maximum absolute atomic E-state index is 12.9. The molecule has 1 aromatic carbocycles. The van der Waals surface area contributed by atoms with Gasteiger partial charge in [-0.2, -0.15) is 0 Å². The summed E-state index contributed by atoms with van der Waals surface area (Å²) in [6.07, 6.45) is -0.644. The number of likely N-dealkylation sites (tertiary alicyclic amines) is 1. The molecule has 3 N–H and O–H groups in total.